The molecule has 15 heteroatoms. The molecule has 0 aliphatic carbocycles. The van der Waals surface area contributed by atoms with Crippen molar-refractivity contribution in [1.29, 1.82) is 0 Å². The Morgan fingerprint density at radius 3 is 1.44 bits per heavy atom. The Hall–Kier alpha value is -6.59. The minimum atomic E-state index is -0.245. The number of rotatable bonds is 6. The summed E-state index contributed by atoms with van der Waals surface area (Å²) in [5.41, 5.74) is 21.5. The molecule has 10 aromatic carbocycles. The lowest BCUT2D eigenvalue weighted by Crippen LogP contribution is -2.29. The Labute approximate surface area is 579 Å². The topological polar surface area (TPSA) is 68.8 Å². The molecular weight excluding hydrogens is 1330 g/mol. The molecule has 0 fully saturated rings. The predicted molar refractivity (Wildman–Crippen MR) is 433 cm³/mol. The van der Waals surface area contributed by atoms with Gasteiger partial charge < -0.3 is 19.7 Å². The van der Waals surface area contributed by atoms with E-state index in [1.54, 1.807) is 22.7 Å². The van der Waals surface area contributed by atoms with E-state index in [1.165, 1.54) is 60.7 Å². The van der Waals surface area contributed by atoms with Crippen molar-refractivity contribution in [2.24, 2.45) is 0 Å². The van der Waals surface area contributed by atoms with Gasteiger partial charge in [0.05, 0.1) is 35.3 Å². The Morgan fingerprint density at radius 2 is 0.947 bits per heavy atom. The molecular formula is C80H73N2O4P7S2. The van der Waals surface area contributed by atoms with Gasteiger partial charge in [0.25, 0.3) is 0 Å². The smallest absolute Gasteiger partial charge is 0.158 e. The van der Waals surface area contributed by atoms with Gasteiger partial charge in [-0.1, -0.05) is 125 Å². The number of para-hydroxylation sites is 2. The molecule has 0 spiro atoms. The summed E-state index contributed by atoms with van der Waals surface area (Å²) in [7, 11) is 19.0. The predicted octanol–water partition coefficient (Wildman–Crippen LogP) is 18.0. The van der Waals surface area contributed by atoms with Gasteiger partial charge in [0.1, 0.15) is 21.5 Å². The van der Waals surface area contributed by atoms with Crippen LogP contribution in [0.5, 0.6) is 23.0 Å². The van der Waals surface area contributed by atoms with Gasteiger partial charge in [0.15, 0.2) is 11.5 Å². The Kier molecular flexibility index (Phi) is 17.9. The van der Waals surface area contributed by atoms with Crippen LogP contribution in [0.15, 0.2) is 187 Å². The zero-order valence-corrected chi connectivity index (χ0v) is 63.0. The van der Waals surface area contributed by atoms with E-state index in [2.05, 4.69) is 237 Å². The van der Waals surface area contributed by atoms with Crippen LogP contribution in [-0.2, 0) is 6.42 Å². The largest absolute Gasteiger partial charge is 0.504 e. The number of hydrogen-bond acceptors (Lipinski definition) is 6. The van der Waals surface area contributed by atoms with Crippen LogP contribution in [0.4, 0.5) is 0 Å². The second kappa shape index (κ2) is 26.3. The lowest BCUT2D eigenvalue weighted by atomic mass is 9.73. The highest BCUT2D eigenvalue weighted by molar-refractivity contribution is 7.46. The van der Waals surface area contributed by atoms with Gasteiger partial charge in [-0.05, 0) is 217 Å². The van der Waals surface area contributed by atoms with Crippen LogP contribution < -0.4 is 46.6 Å². The van der Waals surface area contributed by atoms with Crippen LogP contribution in [0.1, 0.15) is 76.1 Å². The molecule has 95 heavy (non-hydrogen) atoms. The van der Waals surface area contributed by atoms with Crippen LogP contribution in [0.25, 0.3) is 98.1 Å². The number of benzene rings is 10. The monoisotopic (exact) mass is 1410 g/mol. The summed E-state index contributed by atoms with van der Waals surface area (Å²) in [5, 5.41) is 44.0. The second-order valence-electron chi connectivity index (χ2n) is 25.1. The summed E-state index contributed by atoms with van der Waals surface area (Å²) >= 11 is 3.09. The van der Waals surface area contributed by atoms with Crippen molar-refractivity contribution in [3.05, 3.63) is 231 Å². The van der Waals surface area contributed by atoms with E-state index in [9.17, 15) is 10.2 Å². The summed E-state index contributed by atoms with van der Waals surface area (Å²) < 4.78 is 17.8. The number of aryl methyl sites for hydroxylation is 4. The number of nitrogens with zero attached hydrogens (tertiary/aromatic N) is 2. The molecule has 0 saturated carbocycles. The Morgan fingerprint density at radius 1 is 0.474 bits per heavy atom. The lowest BCUT2D eigenvalue weighted by Gasteiger charge is -2.34. The molecule has 18 rings (SSSR count). The molecule has 8 heterocycles. The van der Waals surface area contributed by atoms with Crippen molar-refractivity contribution in [3.63, 3.8) is 0 Å². The normalized spacial score (nSPS) is 14.6. The molecule has 9 unspecified atom stereocenters. The van der Waals surface area contributed by atoms with Gasteiger partial charge in [-0.2, -0.15) is 0 Å². The summed E-state index contributed by atoms with van der Waals surface area (Å²) in [6.45, 7) is 12.1. The second-order valence-corrected chi connectivity index (χ2v) is 31.6. The highest BCUT2D eigenvalue weighted by Crippen LogP contribution is 2.52. The maximum absolute atomic E-state index is 12.9. The van der Waals surface area contributed by atoms with E-state index in [4.69, 9.17) is 9.47 Å². The molecule has 4 aromatic heterocycles. The first-order valence-electron chi connectivity index (χ1n) is 32.1. The van der Waals surface area contributed by atoms with Crippen LogP contribution >= 0.6 is 86.7 Å². The third-order valence-corrected chi connectivity index (χ3v) is 24.7. The first-order valence-corrected chi connectivity index (χ1v) is 38.8. The fraction of sp³-hybridized carbons (Fsp3) is 0.150. The van der Waals surface area contributed by atoms with Gasteiger partial charge in [0, 0.05) is 66.4 Å². The summed E-state index contributed by atoms with van der Waals surface area (Å²) in [4.78, 5) is 0. The van der Waals surface area contributed by atoms with E-state index in [1.807, 2.05) is 48.5 Å². The average Bonchev–Trinajstić information content (AvgIpc) is 1.62. The molecule has 0 saturated heterocycles. The number of thiophene rings is 2. The number of fused-ring (bicyclic) bond motifs is 2. The van der Waals surface area contributed by atoms with Crippen LogP contribution in [-0.4, -0.2) is 39.2 Å². The molecule has 12 bridgehead atoms. The highest BCUT2D eigenvalue weighted by Gasteiger charge is 2.35. The molecule has 9 atom stereocenters. The number of hydrogen-bond donors (Lipinski definition) is 2. The lowest BCUT2D eigenvalue weighted by molar-refractivity contribution is 0.267. The fourth-order valence-corrected chi connectivity index (χ4v) is 21.5. The van der Waals surface area contributed by atoms with Crippen molar-refractivity contribution in [3.8, 4) is 77.5 Å². The third-order valence-electron chi connectivity index (χ3n) is 19.2. The standard InChI is InChI=1S/C80H73N2O4P7S2/c1-6-45-32-43(3)71(68(91)34-45)46-20-24-59-53(35-46)56-38-49-23-27-62(56)82(59)80-78(84)58(41-95-80)52-15-8-10-17-64(52)86-29-12-11-28-85-63-16-9-7-14-51(63)57-40-94-79(77(57)83)81-60-25-21-47(72-44(4)33-50(87)39-69(72)92)36-54(60)55-37-48(22-26-61(55)81)73(75-66(89)30-42(2)31-67(75)90)74(49)76-65(88)18-13-19-70(76)93-5/h7-10,13-27,30-41,73-74,83-84,93H,6,11-12,28-29,87-92H2,1-5H3. The van der Waals surface area contributed by atoms with Gasteiger partial charge >= 0.3 is 0 Å². The molecule has 4 aliphatic heterocycles. The zero-order chi connectivity index (χ0) is 65.7. The van der Waals surface area contributed by atoms with E-state index < -0.39 is 0 Å². The zero-order valence-electron chi connectivity index (χ0n) is 53.5. The molecule has 0 radical (unpaired) electrons. The number of aromatic hydroxyl groups is 2. The van der Waals surface area contributed by atoms with Crippen molar-refractivity contribution in [2.45, 2.75) is 58.8 Å². The molecule has 6 nitrogen and oxygen atoms in total. The summed E-state index contributed by atoms with van der Waals surface area (Å²) in [6.07, 6.45) is 2.43. The fourth-order valence-electron chi connectivity index (χ4n) is 14.9. The minimum absolute atomic E-state index is 0.200. The Balaban J connectivity index is 1.05. The maximum Gasteiger partial charge on any atom is 0.158 e. The molecule has 4 aliphatic rings. The van der Waals surface area contributed by atoms with E-state index in [0.29, 0.717) is 33.3 Å². The average molecular weight is 1410 g/mol. The van der Waals surface area contributed by atoms with Crippen molar-refractivity contribution < 1.29 is 19.7 Å². The maximum atomic E-state index is 12.9. The van der Waals surface area contributed by atoms with E-state index >= 15 is 0 Å². The minimum Gasteiger partial charge on any atom is -0.504 e. The van der Waals surface area contributed by atoms with Crippen molar-refractivity contribution in [1.82, 2.24) is 9.13 Å². The van der Waals surface area contributed by atoms with E-state index in [0.717, 1.165) is 138 Å². The Bertz CT molecular complexity index is 5360. The molecule has 474 valence electrons. The summed E-state index contributed by atoms with van der Waals surface area (Å²) in [6, 6.07) is 64.7. The highest BCUT2D eigenvalue weighted by atomic mass is 32.1. The van der Waals surface area contributed by atoms with Crippen LogP contribution in [0.3, 0.4) is 0 Å². The summed E-state index contributed by atoms with van der Waals surface area (Å²) in [5.74, 6) is 1.34. The van der Waals surface area contributed by atoms with Gasteiger partial charge in [-0.25, -0.2) is 0 Å². The third kappa shape index (κ3) is 11.4. The first-order chi connectivity index (χ1) is 46.1. The van der Waals surface area contributed by atoms with Gasteiger partial charge in [0.2, 0.25) is 0 Å². The van der Waals surface area contributed by atoms with Crippen molar-refractivity contribution >= 4 is 167 Å². The van der Waals surface area contributed by atoms with Gasteiger partial charge in [-0.15, -0.1) is 78.1 Å². The first kappa shape index (κ1) is 64.4. The SMILES string of the molecule is CCc1cc(C)c(-c2ccc3c(c2)c2cc4ccc2n3-c2scc(c2O)-c2ccccc2OCCCCOc2ccccc2-c2csc(c2O)-n2c3ccc(-c5c(C)cc(P)cc5P)cc3c3cc(ccc32)C(c2c(P)cc(C)cc2P)C4c2c(P)cccc2PC)c(P)c1. The molecule has 0 amide bonds. The van der Waals surface area contributed by atoms with E-state index in [-0.39, 0.29) is 23.3 Å². The molecule has 2 N–H and O–H groups in total. The van der Waals surface area contributed by atoms with Crippen molar-refractivity contribution in [2.75, 3.05) is 19.9 Å². The quantitative estimate of drug-likeness (QED) is 0.163. The van der Waals surface area contributed by atoms with Crippen LogP contribution in [0, 0.1) is 20.8 Å². The van der Waals surface area contributed by atoms with Gasteiger partial charge in [-0.3, -0.25) is 9.13 Å². The number of ether oxygens (including phenoxy) is 2. The molecule has 14 aromatic rings. The van der Waals surface area contributed by atoms with Crippen LogP contribution in [0.2, 0.25) is 0 Å². The number of aromatic nitrogens is 2.